The Hall–Kier alpha value is -0.970. The molecular weight excluding hydrogens is 358 g/mol. The predicted octanol–water partition coefficient (Wildman–Crippen LogP) is 5.09. The van der Waals surface area contributed by atoms with Gasteiger partial charge in [0, 0.05) is 15.6 Å². The standard InChI is InChI=1S/C14H8Cl4O3/c15-6-1-2-8(13(19)14(20)21)9(3-6)10-4-7(16)5-11(17)12(10)18/h1-5,13,19H,(H,20,21). The highest BCUT2D eigenvalue weighted by Gasteiger charge is 2.22. The van der Waals surface area contributed by atoms with Crippen LogP contribution in [0.4, 0.5) is 0 Å². The van der Waals surface area contributed by atoms with Gasteiger partial charge in [0.15, 0.2) is 6.10 Å². The zero-order valence-electron chi connectivity index (χ0n) is 10.3. The van der Waals surface area contributed by atoms with E-state index in [2.05, 4.69) is 0 Å². The minimum atomic E-state index is -1.72. The topological polar surface area (TPSA) is 57.5 Å². The summed E-state index contributed by atoms with van der Waals surface area (Å²) >= 11 is 24.0. The number of rotatable bonds is 3. The van der Waals surface area contributed by atoms with Gasteiger partial charge in [-0.2, -0.15) is 0 Å². The zero-order chi connectivity index (χ0) is 15.7. The first kappa shape index (κ1) is 16.4. The van der Waals surface area contributed by atoms with Crippen LogP contribution in [0.1, 0.15) is 11.7 Å². The summed E-state index contributed by atoms with van der Waals surface area (Å²) in [7, 11) is 0. The SMILES string of the molecule is O=C(O)C(O)c1ccc(Cl)cc1-c1cc(Cl)cc(Cl)c1Cl. The second kappa shape index (κ2) is 6.42. The lowest BCUT2D eigenvalue weighted by atomic mass is 9.96. The highest BCUT2D eigenvalue weighted by molar-refractivity contribution is 6.45. The molecule has 0 heterocycles. The molecule has 0 spiro atoms. The summed E-state index contributed by atoms with van der Waals surface area (Å²) in [5, 5.41) is 19.9. The molecule has 2 aromatic carbocycles. The van der Waals surface area contributed by atoms with E-state index in [1.54, 1.807) is 0 Å². The molecule has 2 N–H and O–H groups in total. The Morgan fingerprint density at radius 3 is 2.19 bits per heavy atom. The Bertz CT molecular complexity index is 716. The number of carboxylic acid groups (broad SMARTS) is 1. The van der Waals surface area contributed by atoms with E-state index in [9.17, 15) is 9.90 Å². The summed E-state index contributed by atoms with van der Waals surface area (Å²) in [6, 6.07) is 7.39. The molecule has 0 radical (unpaired) electrons. The summed E-state index contributed by atoms with van der Waals surface area (Å²) in [6.45, 7) is 0. The van der Waals surface area contributed by atoms with Gasteiger partial charge in [-0.1, -0.05) is 52.5 Å². The molecule has 0 aliphatic heterocycles. The Labute approximate surface area is 140 Å². The van der Waals surface area contributed by atoms with Crippen LogP contribution in [-0.4, -0.2) is 16.2 Å². The normalized spacial score (nSPS) is 12.2. The van der Waals surface area contributed by atoms with E-state index >= 15 is 0 Å². The Morgan fingerprint density at radius 2 is 1.57 bits per heavy atom. The summed E-state index contributed by atoms with van der Waals surface area (Å²) in [5.74, 6) is -1.39. The van der Waals surface area contributed by atoms with E-state index in [0.29, 0.717) is 21.2 Å². The van der Waals surface area contributed by atoms with Gasteiger partial charge >= 0.3 is 5.97 Å². The van der Waals surface area contributed by atoms with E-state index in [1.165, 1.54) is 30.3 Å². The van der Waals surface area contributed by atoms with Gasteiger partial charge in [-0.15, -0.1) is 0 Å². The molecular formula is C14H8Cl4O3. The molecule has 1 unspecified atom stereocenters. The number of benzene rings is 2. The van der Waals surface area contributed by atoms with Crippen molar-refractivity contribution in [2.75, 3.05) is 0 Å². The van der Waals surface area contributed by atoms with E-state index < -0.39 is 12.1 Å². The van der Waals surface area contributed by atoms with Crippen molar-refractivity contribution < 1.29 is 15.0 Å². The molecule has 2 aromatic rings. The van der Waals surface area contributed by atoms with Gasteiger partial charge in [0.25, 0.3) is 0 Å². The van der Waals surface area contributed by atoms with Crippen LogP contribution in [0.3, 0.4) is 0 Å². The van der Waals surface area contributed by atoms with Crippen LogP contribution in [0.5, 0.6) is 0 Å². The van der Waals surface area contributed by atoms with E-state index in [-0.39, 0.29) is 15.6 Å². The van der Waals surface area contributed by atoms with E-state index in [4.69, 9.17) is 51.5 Å². The number of halogens is 4. The van der Waals surface area contributed by atoms with Crippen LogP contribution in [0, 0.1) is 0 Å². The van der Waals surface area contributed by atoms with Crippen LogP contribution in [0.15, 0.2) is 30.3 Å². The molecule has 7 heteroatoms. The molecule has 110 valence electrons. The highest BCUT2D eigenvalue weighted by atomic mass is 35.5. The van der Waals surface area contributed by atoms with Crippen molar-refractivity contribution in [1.29, 1.82) is 0 Å². The Morgan fingerprint density at radius 1 is 0.952 bits per heavy atom. The van der Waals surface area contributed by atoms with Crippen molar-refractivity contribution in [1.82, 2.24) is 0 Å². The van der Waals surface area contributed by atoms with Crippen molar-refractivity contribution in [3.05, 3.63) is 56.0 Å². The fraction of sp³-hybridized carbons (Fsp3) is 0.0714. The van der Waals surface area contributed by atoms with Gasteiger partial charge in [0.1, 0.15) is 0 Å². The summed E-state index contributed by atoms with van der Waals surface area (Å²) in [4.78, 5) is 11.0. The first-order valence-corrected chi connectivity index (χ1v) is 7.17. The predicted molar refractivity (Wildman–Crippen MR) is 84.5 cm³/mol. The van der Waals surface area contributed by atoms with Crippen LogP contribution in [0.25, 0.3) is 11.1 Å². The van der Waals surface area contributed by atoms with Gasteiger partial charge in [-0.25, -0.2) is 4.79 Å². The smallest absolute Gasteiger partial charge is 0.337 e. The molecule has 0 bridgehead atoms. The number of carbonyl (C=O) groups is 1. The maximum atomic E-state index is 11.0. The quantitative estimate of drug-likeness (QED) is 0.745. The molecule has 1 atom stereocenters. The van der Waals surface area contributed by atoms with Gasteiger partial charge in [0.05, 0.1) is 10.0 Å². The molecule has 0 aromatic heterocycles. The molecule has 2 rings (SSSR count). The summed E-state index contributed by atoms with van der Waals surface area (Å²) in [6.07, 6.45) is -1.72. The Balaban J connectivity index is 2.74. The highest BCUT2D eigenvalue weighted by Crippen LogP contribution is 2.40. The van der Waals surface area contributed by atoms with Gasteiger partial charge in [0.2, 0.25) is 0 Å². The Kier molecular flexibility index (Phi) is 5.02. The third-order valence-corrected chi connectivity index (χ3v) is 4.08. The van der Waals surface area contributed by atoms with Crippen molar-refractivity contribution in [3.63, 3.8) is 0 Å². The number of aliphatic hydroxyl groups excluding tert-OH is 1. The minimum Gasteiger partial charge on any atom is -0.479 e. The lowest BCUT2D eigenvalue weighted by molar-refractivity contribution is -0.146. The first-order chi connectivity index (χ1) is 9.81. The van der Waals surface area contributed by atoms with Gasteiger partial charge in [-0.3, -0.25) is 0 Å². The zero-order valence-corrected chi connectivity index (χ0v) is 13.3. The van der Waals surface area contributed by atoms with Crippen molar-refractivity contribution in [2.24, 2.45) is 0 Å². The van der Waals surface area contributed by atoms with Gasteiger partial charge < -0.3 is 10.2 Å². The average Bonchev–Trinajstić information content (AvgIpc) is 2.41. The summed E-state index contributed by atoms with van der Waals surface area (Å²) in [5.41, 5.74) is 0.894. The molecule has 0 saturated carbocycles. The molecule has 0 saturated heterocycles. The lowest BCUT2D eigenvalue weighted by Crippen LogP contribution is -2.11. The molecule has 0 aliphatic rings. The molecule has 0 aliphatic carbocycles. The minimum absolute atomic E-state index is 0.145. The van der Waals surface area contributed by atoms with E-state index in [0.717, 1.165) is 0 Å². The van der Waals surface area contributed by atoms with E-state index in [1.807, 2.05) is 0 Å². The third-order valence-electron chi connectivity index (χ3n) is 2.83. The number of aliphatic hydroxyl groups is 1. The lowest BCUT2D eigenvalue weighted by Gasteiger charge is -2.15. The van der Waals surface area contributed by atoms with Gasteiger partial charge in [-0.05, 0) is 35.4 Å². The maximum absolute atomic E-state index is 11.0. The van der Waals surface area contributed by atoms with Crippen LogP contribution >= 0.6 is 46.4 Å². The summed E-state index contributed by atoms with van der Waals surface area (Å²) < 4.78 is 0. The number of carboxylic acids is 1. The number of hydrogen-bond acceptors (Lipinski definition) is 2. The average molecular weight is 366 g/mol. The fourth-order valence-electron chi connectivity index (χ4n) is 1.89. The fourth-order valence-corrected chi connectivity index (χ4v) is 2.76. The van der Waals surface area contributed by atoms with Crippen LogP contribution in [-0.2, 0) is 4.79 Å². The number of aliphatic carboxylic acids is 1. The first-order valence-electron chi connectivity index (χ1n) is 5.66. The largest absolute Gasteiger partial charge is 0.479 e. The molecule has 21 heavy (non-hydrogen) atoms. The monoisotopic (exact) mass is 364 g/mol. The number of hydrogen-bond donors (Lipinski definition) is 2. The maximum Gasteiger partial charge on any atom is 0.337 e. The molecule has 0 amide bonds. The van der Waals surface area contributed by atoms with Crippen LogP contribution in [0.2, 0.25) is 20.1 Å². The third kappa shape index (κ3) is 3.44. The second-order valence-electron chi connectivity index (χ2n) is 4.22. The van der Waals surface area contributed by atoms with Crippen molar-refractivity contribution in [2.45, 2.75) is 6.10 Å². The molecule has 3 nitrogen and oxygen atoms in total. The molecule has 0 fully saturated rings. The second-order valence-corrected chi connectivity index (χ2v) is 5.88. The van der Waals surface area contributed by atoms with Crippen LogP contribution < -0.4 is 0 Å². The van der Waals surface area contributed by atoms with Crippen molar-refractivity contribution in [3.8, 4) is 11.1 Å². The van der Waals surface area contributed by atoms with Crippen molar-refractivity contribution >= 4 is 52.4 Å².